The number of nitrogens with one attached hydrogen (secondary N) is 2. The summed E-state index contributed by atoms with van der Waals surface area (Å²) in [6.07, 6.45) is 0. The maximum atomic E-state index is 11.9. The number of urea groups is 1. The smallest absolute Gasteiger partial charge is 0.316 e. The average Bonchev–Trinajstić information content (AvgIpc) is 2.43. The van der Waals surface area contributed by atoms with Crippen LogP contribution in [0.4, 0.5) is 10.5 Å². The number of amides is 3. The highest BCUT2D eigenvalue weighted by Gasteiger charge is 2.15. The summed E-state index contributed by atoms with van der Waals surface area (Å²) in [5, 5.41) is 15.9. The van der Waals surface area contributed by atoms with Gasteiger partial charge in [-0.2, -0.15) is 0 Å². The van der Waals surface area contributed by atoms with Gasteiger partial charge in [0.15, 0.2) is 0 Å². The number of nitrogens with zero attached hydrogens (tertiary/aromatic N) is 2. The summed E-state index contributed by atoms with van der Waals surface area (Å²) in [6, 6.07) is 3.68. The SMILES string of the molecule is CN(C)C(=O)NCCNC(=O)c1cc([N+](=O)[O-])ccc1Br. The number of carbonyl (C=O) groups excluding carboxylic acids is 2. The Kier molecular flexibility index (Phi) is 6.10. The molecule has 8 nitrogen and oxygen atoms in total. The monoisotopic (exact) mass is 358 g/mol. The number of hydrogen-bond acceptors (Lipinski definition) is 4. The lowest BCUT2D eigenvalue weighted by Crippen LogP contribution is -2.39. The normalized spacial score (nSPS) is 9.86. The fourth-order valence-corrected chi connectivity index (χ4v) is 1.83. The highest BCUT2D eigenvalue weighted by atomic mass is 79.9. The van der Waals surface area contributed by atoms with Crippen molar-refractivity contribution in [2.24, 2.45) is 0 Å². The largest absolute Gasteiger partial charge is 0.350 e. The van der Waals surface area contributed by atoms with E-state index in [2.05, 4.69) is 26.6 Å². The van der Waals surface area contributed by atoms with E-state index in [1.165, 1.54) is 23.1 Å². The van der Waals surface area contributed by atoms with Gasteiger partial charge in [0.05, 0.1) is 10.5 Å². The van der Waals surface area contributed by atoms with Crippen LogP contribution in [0.1, 0.15) is 10.4 Å². The predicted molar refractivity (Wildman–Crippen MR) is 80.2 cm³/mol. The number of halogens is 1. The van der Waals surface area contributed by atoms with Gasteiger partial charge in [-0.05, 0) is 22.0 Å². The zero-order valence-corrected chi connectivity index (χ0v) is 13.1. The lowest BCUT2D eigenvalue weighted by atomic mass is 10.2. The van der Waals surface area contributed by atoms with Gasteiger partial charge in [-0.1, -0.05) is 0 Å². The number of nitro benzene ring substituents is 1. The number of rotatable bonds is 5. The lowest BCUT2D eigenvalue weighted by Gasteiger charge is -2.12. The third-order valence-electron chi connectivity index (χ3n) is 2.50. The van der Waals surface area contributed by atoms with Gasteiger partial charge in [0, 0.05) is 43.8 Å². The van der Waals surface area contributed by atoms with Gasteiger partial charge in [0.1, 0.15) is 0 Å². The molecule has 2 N–H and O–H groups in total. The Labute approximate surface area is 129 Å². The molecule has 0 bridgehead atoms. The molecule has 0 atom stereocenters. The van der Waals surface area contributed by atoms with Crippen LogP contribution in [0.5, 0.6) is 0 Å². The molecule has 0 aliphatic heterocycles. The van der Waals surface area contributed by atoms with Crippen LogP contribution in [0, 0.1) is 10.1 Å². The van der Waals surface area contributed by atoms with Crippen LogP contribution in [-0.2, 0) is 0 Å². The Balaban J connectivity index is 2.58. The third kappa shape index (κ3) is 5.03. The summed E-state index contributed by atoms with van der Waals surface area (Å²) in [4.78, 5) is 34.7. The Morgan fingerprint density at radius 1 is 1.29 bits per heavy atom. The van der Waals surface area contributed by atoms with Crippen molar-refractivity contribution >= 4 is 33.6 Å². The zero-order valence-electron chi connectivity index (χ0n) is 11.6. The molecule has 0 unspecified atom stereocenters. The van der Waals surface area contributed by atoms with Crippen molar-refractivity contribution in [3.05, 3.63) is 38.3 Å². The van der Waals surface area contributed by atoms with Crippen molar-refractivity contribution < 1.29 is 14.5 Å². The van der Waals surface area contributed by atoms with Crippen molar-refractivity contribution in [2.75, 3.05) is 27.2 Å². The molecule has 0 aliphatic rings. The minimum atomic E-state index is -0.569. The fourth-order valence-electron chi connectivity index (χ4n) is 1.40. The maximum absolute atomic E-state index is 11.9. The van der Waals surface area contributed by atoms with E-state index >= 15 is 0 Å². The molecule has 0 spiro atoms. The summed E-state index contributed by atoms with van der Waals surface area (Å²) >= 11 is 3.17. The van der Waals surface area contributed by atoms with E-state index in [4.69, 9.17) is 0 Å². The van der Waals surface area contributed by atoms with Gasteiger partial charge >= 0.3 is 6.03 Å². The van der Waals surface area contributed by atoms with E-state index in [-0.39, 0.29) is 30.4 Å². The number of carbonyl (C=O) groups is 2. The molecule has 0 heterocycles. The molecule has 0 saturated carbocycles. The number of benzene rings is 1. The Hall–Kier alpha value is -2.16. The topological polar surface area (TPSA) is 105 Å². The summed E-state index contributed by atoms with van der Waals surface area (Å²) in [5.74, 6) is -0.454. The van der Waals surface area contributed by atoms with E-state index in [0.717, 1.165) is 0 Å². The molecule has 0 fully saturated rings. The molecule has 0 radical (unpaired) electrons. The Morgan fingerprint density at radius 2 is 1.90 bits per heavy atom. The Bertz CT molecular complexity index is 562. The molecule has 1 aromatic carbocycles. The molecule has 0 saturated heterocycles. The number of non-ortho nitro benzene ring substituents is 1. The van der Waals surface area contributed by atoms with Crippen molar-refractivity contribution in [3.63, 3.8) is 0 Å². The molecule has 9 heteroatoms. The van der Waals surface area contributed by atoms with Crippen LogP contribution in [0.15, 0.2) is 22.7 Å². The van der Waals surface area contributed by atoms with Crippen molar-refractivity contribution in [3.8, 4) is 0 Å². The van der Waals surface area contributed by atoms with Crippen molar-refractivity contribution in [2.45, 2.75) is 0 Å². The van der Waals surface area contributed by atoms with Gasteiger partial charge < -0.3 is 15.5 Å². The van der Waals surface area contributed by atoms with E-state index in [1.807, 2.05) is 0 Å². The first-order chi connectivity index (χ1) is 9.82. The van der Waals surface area contributed by atoms with Gasteiger partial charge in [0.2, 0.25) is 0 Å². The first kappa shape index (κ1) is 16.9. The number of nitro groups is 1. The van der Waals surface area contributed by atoms with E-state index in [9.17, 15) is 19.7 Å². The number of hydrogen-bond donors (Lipinski definition) is 2. The molecule has 1 aromatic rings. The minimum absolute atomic E-state index is 0.163. The average molecular weight is 359 g/mol. The summed E-state index contributed by atoms with van der Waals surface area (Å²) in [6.45, 7) is 0.475. The van der Waals surface area contributed by atoms with Crippen LogP contribution in [0.2, 0.25) is 0 Å². The van der Waals surface area contributed by atoms with Gasteiger partial charge in [-0.25, -0.2) is 4.79 Å². The third-order valence-corrected chi connectivity index (χ3v) is 3.19. The van der Waals surface area contributed by atoms with Gasteiger partial charge in [-0.15, -0.1) is 0 Å². The van der Waals surface area contributed by atoms with Crippen molar-refractivity contribution in [1.29, 1.82) is 0 Å². The second kappa shape index (κ2) is 7.58. The molecular formula is C12H15BrN4O4. The van der Waals surface area contributed by atoms with Gasteiger partial charge in [-0.3, -0.25) is 14.9 Å². The maximum Gasteiger partial charge on any atom is 0.316 e. The summed E-state index contributed by atoms with van der Waals surface area (Å²) in [5.41, 5.74) is 0.00685. The molecular weight excluding hydrogens is 344 g/mol. The first-order valence-corrected chi connectivity index (χ1v) is 6.79. The van der Waals surface area contributed by atoms with E-state index < -0.39 is 10.8 Å². The molecule has 0 aliphatic carbocycles. The molecule has 114 valence electrons. The van der Waals surface area contributed by atoms with Crippen LogP contribution >= 0.6 is 15.9 Å². The first-order valence-electron chi connectivity index (χ1n) is 6.00. The molecule has 21 heavy (non-hydrogen) atoms. The van der Waals surface area contributed by atoms with Crippen LogP contribution in [0.25, 0.3) is 0 Å². The van der Waals surface area contributed by atoms with E-state index in [0.29, 0.717) is 4.47 Å². The Morgan fingerprint density at radius 3 is 2.48 bits per heavy atom. The highest BCUT2D eigenvalue weighted by Crippen LogP contribution is 2.22. The predicted octanol–water partition coefficient (Wildman–Crippen LogP) is 1.36. The highest BCUT2D eigenvalue weighted by molar-refractivity contribution is 9.10. The standard InChI is InChI=1S/C12H15BrN4O4/c1-16(2)12(19)15-6-5-14-11(18)9-7-8(17(20)21)3-4-10(9)13/h3-4,7H,5-6H2,1-2H3,(H,14,18)(H,15,19). The van der Waals surface area contributed by atoms with Crippen LogP contribution in [-0.4, -0.2) is 48.9 Å². The quantitative estimate of drug-likeness (QED) is 0.470. The van der Waals surface area contributed by atoms with Crippen LogP contribution < -0.4 is 10.6 Å². The van der Waals surface area contributed by atoms with Gasteiger partial charge in [0.25, 0.3) is 11.6 Å². The summed E-state index contributed by atoms with van der Waals surface area (Å²) < 4.78 is 0.461. The van der Waals surface area contributed by atoms with Crippen molar-refractivity contribution in [1.82, 2.24) is 15.5 Å². The molecule has 1 rings (SSSR count). The second-order valence-corrected chi connectivity index (χ2v) is 5.16. The molecule has 3 amide bonds. The second-order valence-electron chi connectivity index (χ2n) is 4.30. The zero-order chi connectivity index (χ0) is 16.0. The fraction of sp³-hybridized carbons (Fsp3) is 0.333. The van der Waals surface area contributed by atoms with Crippen LogP contribution in [0.3, 0.4) is 0 Å². The minimum Gasteiger partial charge on any atom is -0.350 e. The molecule has 0 aromatic heterocycles. The lowest BCUT2D eigenvalue weighted by molar-refractivity contribution is -0.384. The summed E-state index contributed by atoms with van der Waals surface area (Å²) in [7, 11) is 3.21. The van der Waals surface area contributed by atoms with E-state index in [1.54, 1.807) is 14.1 Å².